The number of fused-ring (bicyclic) bond motifs is 1. The first-order valence-electron chi connectivity index (χ1n) is 8.44. The van der Waals surface area contributed by atoms with E-state index in [1.165, 1.54) is 0 Å². The third-order valence-electron chi connectivity index (χ3n) is 4.61. The van der Waals surface area contributed by atoms with Crippen LogP contribution in [0.4, 0.5) is 11.4 Å². The Morgan fingerprint density at radius 3 is 2.77 bits per heavy atom. The molecule has 0 radical (unpaired) electrons. The molecule has 0 bridgehead atoms. The van der Waals surface area contributed by atoms with E-state index < -0.39 is 0 Å². The summed E-state index contributed by atoms with van der Waals surface area (Å²) in [6.07, 6.45) is 1.42. The highest BCUT2D eigenvalue weighted by molar-refractivity contribution is 6.35. The van der Waals surface area contributed by atoms with Crippen LogP contribution in [0.3, 0.4) is 0 Å². The molecule has 1 aromatic heterocycles. The van der Waals surface area contributed by atoms with Gasteiger partial charge in [0.15, 0.2) is 11.3 Å². The summed E-state index contributed by atoms with van der Waals surface area (Å²) < 4.78 is 5.70. The maximum Gasteiger partial charge on any atom is 0.291 e. The van der Waals surface area contributed by atoms with Crippen LogP contribution < -0.4 is 10.2 Å². The van der Waals surface area contributed by atoms with Gasteiger partial charge in [0, 0.05) is 35.3 Å². The highest BCUT2D eigenvalue weighted by Crippen LogP contribution is 2.31. The lowest BCUT2D eigenvalue weighted by atomic mass is 10.1. The van der Waals surface area contributed by atoms with Gasteiger partial charge in [-0.05, 0) is 37.6 Å². The summed E-state index contributed by atoms with van der Waals surface area (Å²) >= 11 is 6.15. The molecule has 0 unspecified atom stereocenters. The lowest BCUT2D eigenvalue weighted by Crippen LogP contribution is -2.23. The van der Waals surface area contributed by atoms with Crippen molar-refractivity contribution in [3.63, 3.8) is 0 Å². The molecule has 0 atom stereocenters. The largest absolute Gasteiger partial charge is 0.449 e. The standard InChI is InChI=1S/C20H17ClN2O3/c1-12-15-7-3-8-16(21)19(15)26-18(12)20(25)22-13-5-2-6-14(11-13)23-10-4-9-17(23)24/h2-3,5-8,11H,4,9-10H2,1H3,(H,22,25). The van der Waals surface area contributed by atoms with Crippen molar-refractivity contribution in [3.8, 4) is 0 Å². The Balaban J connectivity index is 1.62. The van der Waals surface area contributed by atoms with Crippen LogP contribution in [0.15, 0.2) is 46.9 Å². The van der Waals surface area contributed by atoms with Crippen LogP contribution in [-0.2, 0) is 4.79 Å². The molecule has 4 rings (SSSR count). The van der Waals surface area contributed by atoms with Crippen LogP contribution in [0.2, 0.25) is 5.02 Å². The Labute approximate surface area is 155 Å². The Hall–Kier alpha value is -2.79. The highest BCUT2D eigenvalue weighted by atomic mass is 35.5. The number of halogens is 1. The monoisotopic (exact) mass is 368 g/mol. The highest BCUT2D eigenvalue weighted by Gasteiger charge is 2.23. The van der Waals surface area contributed by atoms with E-state index in [1.54, 1.807) is 23.1 Å². The predicted octanol–water partition coefficient (Wildman–Crippen LogP) is 4.77. The summed E-state index contributed by atoms with van der Waals surface area (Å²) in [5.41, 5.74) is 2.65. The first-order valence-corrected chi connectivity index (χ1v) is 8.82. The molecule has 26 heavy (non-hydrogen) atoms. The van der Waals surface area contributed by atoms with E-state index in [1.807, 2.05) is 31.2 Å². The maximum absolute atomic E-state index is 12.7. The van der Waals surface area contributed by atoms with E-state index in [0.717, 1.165) is 23.1 Å². The number of aryl methyl sites for hydroxylation is 1. The third kappa shape index (κ3) is 2.84. The summed E-state index contributed by atoms with van der Waals surface area (Å²) in [7, 11) is 0. The van der Waals surface area contributed by atoms with E-state index in [2.05, 4.69) is 5.32 Å². The molecule has 5 nitrogen and oxygen atoms in total. The molecule has 1 fully saturated rings. The van der Waals surface area contributed by atoms with Crippen molar-refractivity contribution in [2.24, 2.45) is 0 Å². The number of furan rings is 1. The molecule has 0 spiro atoms. The van der Waals surface area contributed by atoms with Crippen LogP contribution >= 0.6 is 11.6 Å². The number of para-hydroxylation sites is 1. The second-order valence-electron chi connectivity index (χ2n) is 6.33. The number of rotatable bonds is 3. The normalized spacial score (nSPS) is 14.2. The SMILES string of the molecule is Cc1c(C(=O)Nc2cccc(N3CCCC3=O)c2)oc2c(Cl)cccc12. The molecule has 6 heteroatoms. The average Bonchev–Trinajstić information content (AvgIpc) is 3.20. The van der Waals surface area contributed by atoms with E-state index in [-0.39, 0.29) is 17.6 Å². The lowest BCUT2D eigenvalue weighted by molar-refractivity contribution is -0.117. The smallest absolute Gasteiger partial charge is 0.291 e. The zero-order valence-corrected chi connectivity index (χ0v) is 15.0. The third-order valence-corrected chi connectivity index (χ3v) is 4.91. The number of carbonyl (C=O) groups excluding carboxylic acids is 2. The number of anilines is 2. The van der Waals surface area contributed by atoms with Gasteiger partial charge in [-0.2, -0.15) is 0 Å². The van der Waals surface area contributed by atoms with Crippen molar-refractivity contribution in [1.82, 2.24) is 0 Å². The number of hydrogen-bond donors (Lipinski definition) is 1. The molecule has 1 aliphatic rings. The molecule has 132 valence electrons. The molecule has 2 amide bonds. The predicted molar refractivity (Wildman–Crippen MR) is 102 cm³/mol. The van der Waals surface area contributed by atoms with Crippen molar-refractivity contribution in [2.45, 2.75) is 19.8 Å². The van der Waals surface area contributed by atoms with Gasteiger partial charge < -0.3 is 14.6 Å². The Bertz CT molecular complexity index is 1030. The van der Waals surface area contributed by atoms with Crippen molar-refractivity contribution in [1.29, 1.82) is 0 Å². The minimum Gasteiger partial charge on any atom is -0.449 e. The maximum atomic E-state index is 12.7. The van der Waals surface area contributed by atoms with Gasteiger partial charge in [-0.15, -0.1) is 0 Å². The number of nitrogens with zero attached hydrogens (tertiary/aromatic N) is 1. The quantitative estimate of drug-likeness (QED) is 0.724. The van der Waals surface area contributed by atoms with Gasteiger partial charge in [0.1, 0.15) is 0 Å². The second-order valence-corrected chi connectivity index (χ2v) is 6.73. The van der Waals surface area contributed by atoms with Crippen LogP contribution in [0.1, 0.15) is 29.0 Å². The first kappa shape index (κ1) is 16.7. The van der Waals surface area contributed by atoms with Crippen molar-refractivity contribution < 1.29 is 14.0 Å². The Morgan fingerprint density at radius 1 is 1.23 bits per heavy atom. The average molecular weight is 369 g/mol. The lowest BCUT2D eigenvalue weighted by Gasteiger charge is -2.16. The Morgan fingerprint density at radius 2 is 2.04 bits per heavy atom. The number of hydrogen-bond acceptors (Lipinski definition) is 3. The number of carbonyl (C=O) groups is 2. The van der Waals surface area contributed by atoms with E-state index in [0.29, 0.717) is 29.3 Å². The summed E-state index contributed by atoms with van der Waals surface area (Å²) in [6, 6.07) is 12.7. The molecular weight excluding hydrogens is 352 g/mol. The van der Waals surface area contributed by atoms with Crippen LogP contribution in [0.5, 0.6) is 0 Å². The fourth-order valence-electron chi connectivity index (χ4n) is 3.29. The number of nitrogens with one attached hydrogen (secondary N) is 1. The molecule has 2 heterocycles. The van der Waals surface area contributed by atoms with Crippen molar-refractivity contribution in [3.05, 3.63) is 58.8 Å². The molecule has 0 aliphatic carbocycles. The van der Waals surface area contributed by atoms with Gasteiger partial charge >= 0.3 is 0 Å². The topological polar surface area (TPSA) is 62.6 Å². The Kier molecular flexibility index (Phi) is 4.17. The molecule has 1 N–H and O–H groups in total. The van der Waals surface area contributed by atoms with Crippen LogP contribution in [0.25, 0.3) is 11.0 Å². The molecule has 2 aromatic carbocycles. The summed E-state index contributed by atoms with van der Waals surface area (Å²) in [6.45, 7) is 2.54. The first-order chi connectivity index (χ1) is 12.5. The van der Waals surface area contributed by atoms with Crippen LogP contribution in [-0.4, -0.2) is 18.4 Å². The van der Waals surface area contributed by atoms with Crippen molar-refractivity contribution in [2.75, 3.05) is 16.8 Å². The van der Waals surface area contributed by atoms with E-state index in [9.17, 15) is 9.59 Å². The van der Waals surface area contributed by atoms with Gasteiger partial charge in [0.2, 0.25) is 5.91 Å². The minimum absolute atomic E-state index is 0.108. The summed E-state index contributed by atoms with van der Waals surface area (Å²) in [4.78, 5) is 26.3. The van der Waals surface area contributed by atoms with E-state index in [4.69, 9.17) is 16.0 Å². The molecule has 3 aromatic rings. The molecular formula is C20H17ClN2O3. The summed E-state index contributed by atoms with van der Waals surface area (Å²) in [5, 5.41) is 4.13. The molecule has 1 aliphatic heterocycles. The van der Waals surface area contributed by atoms with Gasteiger partial charge in [0.25, 0.3) is 5.91 Å². The fourth-order valence-corrected chi connectivity index (χ4v) is 3.50. The minimum atomic E-state index is -0.348. The van der Waals surface area contributed by atoms with Gasteiger partial charge in [-0.1, -0.05) is 29.8 Å². The van der Waals surface area contributed by atoms with E-state index >= 15 is 0 Å². The van der Waals surface area contributed by atoms with Gasteiger partial charge in [-0.3, -0.25) is 9.59 Å². The molecule has 0 saturated carbocycles. The summed E-state index contributed by atoms with van der Waals surface area (Å²) in [5.74, 6) is -0.00772. The van der Waals surface area contributed by atoms with Crippen molar-refractivity contribution >= 4 is 45.8 Å². The molecule has 1 saturated heterocycles. The zero-order valence-electron chi connectivity index (χ0n) is 14.2. The van der Waals surface area contributed by atoms with Gasteiger partial charge in [0.05, 0.1) is 5.02 Å². The zero-order chi connectivity index (χ0) is 18.3. The number of amides is 2. The number of benzene rings is 2. The fraction of sp³-hybridized carbons (Fsp3) is 0.200. The van der Waals surface area contributed by atoms with Crippen LogP contribution in [0, 0.1) is 6.92 Å². The second kappa shape index (κ2) is 6.50. The van der Waals surface area contributed by atoms with Gasteiger partial charge in [-0.25, -0.2) is 0 Å².